The highest BCUT2D eigenvalue weighted by molar-refractivity contribution is 5.73. The van der Waals surface area contributed by atoms with Crippen LogP contribution < -0.4 is 28.1 Å². The average molecular weight is 286 g/mol. The molecule has 0 unspecified atom stereocenters. The number of hydrazine groups is 1. The SMILES string of the molecule is NNc1nc2c(=O)[nH]c(=O)[nH]c2c(=O)n1-c1ccccc1. The van der Waals surface area contributed by atoms with Gasteiger partial charge in [-0.25, -0.2) is 20.2 Å². The summed E-state index contributed by atoms with van der Waals surface area (Å²) >= 11 is 0. The first kappa shape index (κ1) is 12.8. The molecule has 0 radical (unpaired) electrons. The molecule has 2 heterocycles. The van der Waals surface area contributed by atoms with E-state index >= 15 is 0 Å². The first-order chi connectivity index (χ1) is 10.1. The molecule has 0 saturated carbocycles. The lowest BCUT2D eigenvalue weighted by molar-refractivity contribution is 0.933. The van der Waals surface area contributed by atoms with Crippen LogP contribution in [0.4, 0.5) is 5.95 Å². The molecule has 0 bridgehead atoms. The summed E-state index contributed by atoms with van der Waals surface area (Å²) in [5, 5.41) is 0. The van der Waals surface area contributed by atoms with Crippen LogP contribution in [0.3, 0.4) is 0 Å². The highest BCUT2D eigenvalue weighted by Gasteiger charge is 2.14. The molecular weight excluding hydrogens is 276 g/mol. The molecular formula is C12H10N6O3. The van der Waals surface area contributed by atoms with Crippen molar-refractivity contribution >= 4 is 17.0 Å². The highest BCUT2D eigenvalue weighted by Crippen LogP contribution is 2.11. The van der Waals surface area contributed by atoms with Crippen LogP contribution in [0.15, 0.2) is 44.7 Å². The van der Waals surface area contributed by atoms with Crippen LogP contribution >= 0.6 is 0 Å². The Morgan fingerprint density at radius 1 is 1.10 bits per heavy atom. The third-order valence-electron chi connectivity index (χ3n) is 2.91. The van der Waals surface area contributed by atoms with Gasteiger partial charge in [0.15, 0.2) is 5.52 Å². The van der Waals surface area contributed by atoms with Crippen molar-refractivity contribution in [3.63, 3.8) is 0 Å². The fourth-order valence-corrected chi connectivity index (χ4v) is 2.02. The van der Waals surface area contributed by atoms with Crippen LogP contribution in [0.5, 0.6) is 0 Å². The fourth-order valence-electron chi connectivity index (χ4n) is 2.02. The molecule has 0 atom stereocenters. The lowest BCUT2D eigenvalue weighted by atomic mass is 10.3. The monoisotopic (exact) mass is 286 g/mol. The number of nitrogens with zero attached hydrogens (tertiary/aromatic N) is 2. The first-order valence-electron chi connectivity index (χ1n) is 5.93. The number of hydrogen-bond donors (Lipinski definition) is 4. The number of fused-ring (bicyclic) bond motifs is 1. The van der Waals surface area contributed by atoms with Crippen molar-refractivity contribution in [1.82, 2.24) is 19.5 Å². The Morgan fingerprint density at radius 2 is 1.81 bits per heavy atom. The van der Waals surface area contributed by atoms with Gasteiger partial charge in [-0.15, -0.1) is 0 Å². The van der Waals surface area contributed by atoms with Crippen molar-refractivity contribution in [1.29, 1.82) is 0 Å². The number of para-hydroxylation sites is 1. The number of rotatable bonds is 2. The van der Waals surface area contributed by atoms with Gasteiger partial charge in [0.1, 0.15) is 5.52 Å². The maximum Gasteiger partial charge on any atom is 0.326 e. The van der Waals surface area contributed by atoms with Crippen molar-refractivity contribution in [2.45, 2.75) is 0 Å². The molecule has 0 aliphatic rings. The molecule has 106 valence electrons. The number of nitrogens with two attached hydrogens (primary N) is 1. The molecule has 3 aromatic rings. The molecule has 9 heteroatoms. The highest BCUT2D eigenvalue weighted by atomic mass is 16.2. The van der Waals surface area contributed by atoms with E-state index in [-0.39, 0.29) is 17.0 Å². The molecule has 0 spiro atoms. The van der Waals surface area contributed by atoms with Gasteiger partial charge in [-0.1, -0.05) is 18.2 Å². The largest absolute Gasteiger partial charge is 0.326 e. The van der Waals surface area contributed by atoms with Crippen LogP contribution in [0.2, 0.25) is 0 Å². The van der Waals surface area contributed by atoms with Gasteiger partial charge in [0.2, 0.25) is 5.95 Å². The van der Waals surface area contributed by atoms with Gasteiger partial charge in [-0.05, 0) is 12.1 Å². The zero-order valence-corrected chi connectivity index (χ0v) is 10.6. The molecule has 1 aromatic carbocycles. The first-order valence-corrected chi connectivity index (χ1v) is 5.93. The van der Waals surface area contributed by atoms with E-state index in [9.17, 15) is 14.4 Å². The van der Waals surface area contributed by atoms with Crippen molar-refractivity contribution < 1.29 is 0 Å². The third-order valence-corrected chi connectivity index (χ3v) is 2.91. The third kappa shape index (κ3) is 2.01. The van der Waals surface area contributed by atoms with E-state index in [0.717, 1.165) is 4.57 Å². The minimum Gasteiger partial charge on any atom is -0.301 e. The smallest absolute Gasteiger partial charge is 0.301 e. The van der Waals surface area contributed by atoms with E-state index in [2.05, 4.69) is 15.4 Å². The summed E-state index contributed by atoms with van der Waals surface area (Å²) in [5.74, 6) is 5.35. The van der Waals surface area contributed by atoms with Crippen LogP contribution in [0.25, 0.3) is 16.7 Å². The Morgan fingerprint density at radius 3 is 2.48 bits per heavy atom. The maximum atomic E-state index is 12.5. The minimum atomic E-state index is -0.778. The summed E-state index contributed by atoms with van der Waals surface area (Å²) in [6.07, 6.45) is 0. The number of H-pyrrole nitrogens is 2. The lowest BCUT2D eigenvalue weighted by Crippen LogP contribution is -2.32. The summed E-state index contributed by atoms with van der Waals surface area (Å²) in [4.78, 5) is 43.8. The number of anilines is 1. The van der Waals surface area contributed by atoms with Gasteiger partial charge in [-0.2, -0.15) is 0 Å². The normalized spacial score (nSPS) is 10.7. The summed E-state index contributed by atoms with van der Waals surface area (Å²) in [5.41, 5.74) is 0.236. The van der Waals surface area contributed by atoms with E-state index in [4.69, 9.17) is 5.84 Å². The standard InChI is InChI=1S/C12H10N6O3/c13-17-11-14-7-8(15-12(21)16-9(7)19)10(20)18(11)6-4-2-1-3-5-6/h1-5H,13H2,(H,14,17)(H2,15,16,19,21). The van der Waals surface area contributed by atoms with E-state index in [1.807, 2.05) is 4.98 Å². The molecule has 9 nitrogen and oxygen atoms in total. The quantitative estimate of drug-likeness (QED) is 0.354. The summed E-state index contributed by atoms with van der Waals surface area (Å²) in [6, 6.07) is 8.58. The summed E-state index contributed by atoms with van der Waals surface area (Å²) in [6.45, 7) is 0. The molecule has 0 saturated heterocycles. The number of hydrogen-bond acceptors (Lipinski definition) is 6. The van der Waals surface area contributed by atoms with Crippen molar-refractivity contribution in [2.75, 3.05) is 5.43 Å². The zero-order valence-electron chi connectivity index (χ0n) is 10.6. The number of nitrogen functional groups attached to an aromatic ring is 1. The van der Waals surface area contributed by atoms with Gasteiger partial charge in [0.05, 0.1) is 5.69 Å². The number of nitrogens with one attached hydrogen (secondary N) is 3. The molecule has 5 N–H and O–H groups in total. The number of benzene rings is 1. The Kier molecular flexibility index (Phi) is 2.88. The van der Waals surface area contributed by atoms with E-state index in [1.165, 1.54) is 0 Å². The molecule has 0 amide bonds. The van der Waals surface area contributed by atoms with Crippen LogP contribution in [0.1, 0.15) is 0 Å². The predicted octanol–water partition coefficient (Wildman–Crippen LogP) is -0.952. The lowest BCUT2D eigenvalue weighted by Gasteiger charge is -2.11. The average Bonchev–Trinajstić information content (AvgIpc) is 2.48. The van der Waals surface area contributed by atoms with E-state index in [0.29, 0.717) is 5.69 Å². The Labute approximate surface area is 116 Å². The van der Waals surface area contributed by atoms with Gasteiger partial charge >= 0.3 is 5.69 Å². The Hall–Kier alpha value is -3.20. The molecule has 0 aliphatic carbocycles. The number of aromatic amines is 2. The van der Waals surface area contributed by atoms with Crippen molar-refractivity contribution in [2.24, 2.45) is 5.84 Å². The zero-order chi connectivity index (χ0) is 15.0. The van der Waals surface area contributed by atoms with Crippen LogP contribution in [-0.4, -0.2) is 19.5 Å². The minimum absolute atomic E-state index is 0.0174. The topological polar surface area (TPSA) is 139 Å². The van der Waals surface area contributed by atoms with Crippen molar-refractivity contribution in [3.8, 4) is 5.69 Å². The molecule has 3 rings (SSSR count). The molecule has 2 aromatic heterocycles. The van der Waals surface area contributed by atoms with E-state index < -0.39 is 16.8 Å². The molecule has 0 fully saturated rings. The predicted molar refractivity (Wildman–Crippen MR) is 76.4 cm³/mol. The van der Waals surface area contributed by atoms with Gasteiger partial charge in [-0.3, -0.25) is 20.0 Å². The molecule has 0 aliphatic heterocycles. The van der Waals surface area contributed by atoms with Crippen molar-refractivity contribution in [3.05, 3.63) is 61.5 Å². The van der Waals surface area contributed by atoms with Crippen LogP contribution in [0, 0.1) is 0 Å². The van der Waals surface area contributed by atoms with Gasteiger partial charge < -0.3 is 4.98 Å². The van der Waals surface area contributed by atoms with Gasteiger partial charge in [0.25, 0.3) is 11.1 Å². The fraction of sp³-hybridized carbons (Fsp3) is 0. The summed E-state index contributed by atoms with van der Waals surface area (Å²) < 4.78 is 1.16. The van der Waals surface area contributed by atoms with E-state index in [1.54, 1.807) is 30.3 Å². The molecule has 21 heavy (non-hydrogen) atoms. The summed E-state index contributed by atoms with van der Waals surface area (Å²) in [7, 11) is 0. The number of aromatic nitrogens is 4. The Bertz CT molecular complexity index is 986. The van der Waals surface area contributed by atoms with Crippen LogP contribution in [-0.2, 0) is 0 Å². The Balaban J connectivity index is 2.51. The maximum absolute atomic E-state index is 12.5. The second-order valence-corrected chi connectivity index (χ2v) is 4.19. The van der Waals surface area contributed by atoms with Gasteiger partial charge in [0, 0.05) is 0 Å². The second-order valence-electron chi connectivity index (χ2n) is 4.19. The second kappa shape index (κ2) is 4.72.